The second-order valence-electron chi connectivity index (χ2n) is 8.22. The molecule has 1 amide bonds. The van der Waals surface area contributed by atoms with Crippen LogP contribution < -0.4 is 4.46 Å². The van der Waals surface area contributed by atoms with E-state index in [-0.39, 0.29) is 51.9 Å². The van der Waals surface area contributed by atoms with Crippen molar-refractivity contribution in [3.63, 3.8) is 0 Å². The number of methoxy groups -OCH3 is 1. The van der Waals surface area contributed by atoms with Gasteiger partial charge in [0.25, 0.3) is 0 Å². The van der Waals surface area contributed by atoms with E-state index < -0.39 is 23.8 Å². The molecule has 31 heavy (non-hydrogen) atoms. The van der Waals surface area contributed by atoms with E-state index in [0.717, 1.165) is 4.46 Å². The van der Waals surface area contributed by atoms with Gasteiger partial charge in [-0.05, 0) is 0 Å². The molecular weight excluding hydrogens is 469 g/mol. The minimum atomic E-state index is -0.683. The molecule has 0 radical (unpaired) electrons. The second-order valence-corrected chi connectivity index (χ2v) is 11.0. The van der Waals surface area contributed by atoms with Crippen molar-refractivity contribution in [2.75, 3.05) is 40.3 Å². The summed E-state index contributed by atoms with van der Waals surface area (Å²) >= 11 is -0.140. The first-order chi connectivity index (χ1) is 14.7. The van der Waals surface area contributed by atoms with E-state index in [0.29, 0.717) is 13.2 Å². The van der Waals surface area contributed by atoms with Crippen molar-refractivity contribution in [1.82, 2.24) is 4.90 Å². The number of aliphatic hydroxyl groups excluding tert-OH is 1. The molecule has 1 aliphatic rings. The van der Waals surface area contributed by atoms with Crippen molar-refractivity contribution in [1.29, 1.82) is 0 Å². The molecule has 1 aromatic rings. The molecule has 9 heteroatoms. The molecule has 1 N–H and O–H groups in total. The monoisotopic (exact) mass is 503 g/mol. The van der Waals surface area contributed by atoms with E-state index in [9.17, 15) is 14.7 Å². The van der Waals surface area contributed by atoms with Crippen LogP contribution in [-0.2, 0) is 23.7 Å². The summed E-state index contributed by atoms with van der Waals surface area (Å²) in [6, 6.07) is 9.30. The van der Waals surface area contributed by atoms with E-state index in [4.69, 9.17) is 18.9 Å². The van der Waals surface area contributed by atoms with Crippen LogP contribution in [0.1, 0.15) is 27.2 Å². The molecule has 174 valence electrons. The number of ketones is 1. The first-order valence-electron chi connectivity index (χ1n) is 10.3. The fourth-order valence-corrected chi connectivity index (χ4v) is 5.58. The zero-order valence-electron chi connectivity index (χ0n) is 18.6. The van der Waals surface area contributed by atoms with Gasteiger partial charge in [-0.3, -0.25) is 0 Å². The number of nitrogens with zero attached hydrogens (tertiary/aromatic N) is 1. The first kappa shape index (κ1) is 25.8. The fourth-order valence-electron chi connectivity index (χ4n) is 3.21. The van der Waals surface area contributed by atoms with E-state index >= 15 is 0 Å². The normalized spacial score (nSPS) is 18.8. The summed E-state index contributed by atoms with van der Waals surface area (Å²) in [5, 5.41) is 10.2. The Hall–Kier alpha value is -1.48. The standard InChI is InChI=1S/C22H33NO7Se/c1-22(2,3)30-21(26)23-13-16(25)12-18(23)20(29-15-28-11-10-27-4)19(14-24)31-17-8-6-5-7-9-17/h5-9,18-20,24H,10-15H2,1-4H3/t18-,19?,20-/m0/s1. The average Bonchev–Trinajstić information content (AvgIpc) is 3.10. The van der Waals surface area contributed by atoms with E-state index in [2.05, 4.69) is 0 Å². The van der Waals surface area contributed by atoms with Gasteiger partial charge in [0.15, 0.2) is 0 Å². The Bertz CT molecular complexity index is 695. The molecular formula is C22H33NO7Se. The number of rotatable bonds is 11. The van der Waals surface area contributed by atoms with Gasteiger partial charge in [-0.15, -0.1) is 0 Å². The summed E-state index contributed by atoms with van der Waals surface area (Å²) in [6.45, 7) is 5.94. The molecule has 8 nitrogen and oxygen atoms in total. The van der Waals surface area contributed by atoms with Gasteiger partial charge in [-0.25, -0.2) is 0 Å². The first-order valence-corrected chi connectivity index (χ1v) is 12.1. The van der Waals surface area contributed by atoms with Gasteiger partial charge in [0, 0.05) is 0 Å². The fraction of sp³-hybridized carbons (Fsp3) is 0.636. The third-order valence-corrected chi connectivity index (χ3v) is 7.20. The molecule has 3 atom stereocenters. The number of hydrogen-bond donors (Lipinski definition) is 1. The van der Waals surface area contributed by atoms with Crippen molar-refractivity contribution in [2.24, 2.45) is 0 Å². The summed E-state index contributed by atoms with van der Waals surface area (Å²) in [7, 11) is 1.58. The Morgan fingerprint density at radius 3 is 2.58 bits per heavy atom. The molecule has 1 fully saturated rings. The number of aliphatic hydroxyl groups is 1. The molecule has 1 saturated heterocycles. The van der Waals surface area contributed by atoms with Crippen LogP contribution in [0.25, 0.3) is 0 Å². The van der Waals surface area contributed by atoms with Crippen LogP contribution in [0.2, 0.25) is 4.82 Å². The van der Waals surface area contributed by atoms with E-state index in [1.807, 2.05) is 30.3 Å². The van der Waals surface area contributed by atoms with Crippen LogP contribution in [0, 0.1) is 0 Å². The maximum atomic E-state index is 12.8. The van der Waals surface area contributed by atoms with Crippen molar-refractivity contribution in [3.05, 3.63) is 30.3 Å². The number of hydrogen-bond acceptors (Lipinski definition) is 7. The topological polar surface area (TPSA) is 94.5 Å². The van der Waals surface area contributed by atoms with Gasteiger partial charge in [0.1, 0.15) is 0 Å². The number of Topliss-reactive ketones (excluding diaryl/α,β-unsaturated/α-hetero) is 1. The summed E-state index contributed by atoms with van der Waals surface area (Å²) in [5.74, 6) is -0.0614. The molecule has 0 aromatic heterocycles. The molecule has 1 heterocycles. The van der Waals surface area contributed by atoms with Crippen LogP contribution in [0.5, 0.6) is 0 Å². The zero-order valence-corrected chi connectivity index (χ0v) is 20.3. The number of likely N-dealkylation sites (tertiary alicyclic amines) is 1. The molecule has 0 spiro atoms. The Morgan fingerprint density at radius 1 is 1.26 bits per heavy atom. The van der Waals surface area contributed by atoms with Gasteiger partial charge < -0.3 is 0 Å². The summed E-state index contributed by atoms with van der Waals surface area (Å²) in [6.07, 6.45) is -0.975. The molecule has 1 unspecified atom stereocenters. The Kier molecular flexibility index (Phi) is 10.4. The van der Waals surface area contributed by atoms with Crippen LogP contribution in [0.3, 0.4) is 0 Å². The third kappa shape index (κ3) is 8.52. The van der Waals surface area contributed by atoms with Crippen molar-refractivity contribution in [2.45, 2.75) is 49.8 Å². The number of benzene rings is 1. The number of carbonyl (C=O) groups is 2. The molecule has 0 bridgehead atoms. The van der Waals surface area contributed by atoms with Gasteiger partial charge in [0.2, 0.25) is 0 Å². The predicted octanol–water partition coefficient (Wildman–Crippen LogP) is 1.38. The third-order valence-electron chi connectivity index (χ3n) is 4.54. The molecule has 0 aliphatic carbocycles. The Labute approximate surface area is 190 Å². The SMILES string of the molecule is COCCOCO[C@H](C(CO)[Se]c1ccccc1)[C@@H]1CC(=O)CN1C(=O)OC(C)(C)C. The van der Waals surface area contributed by atoms with Gasteiger partial charge >= 0.3 is 190 Å². The van der Waals surface area contributed by atoms with Crippen LogP contribution >= 0.6 is 0 Å². The molecule has 1 aliphatic heterocycles. The summed E-state index contributed by atoms with van der Waals surface area (Å²) < 4.78 is 23.1. The van der Waals surface area contributed by atoms with Crippen molar-refractivity contribution < 1.29 is 33.6 Å². The predicted molar refractivity (Wildman–Crippen MR) is 117 cm³/mol. The molecule has 2 rings (SSSR count). The van der Waals surface area contributed by atoms with Gasteiger partial charge in [-0.2, -0.15) is 0 Å². The Morgan fingerprint density at radius 2 is 1.97 bits per heavy atom. The minimum absolute atomic E-state index is 0.0256. The summed E-state index contributed by atoms with van der Waals surface area (Å²) in [4.78, 5) is 26.3. The number of carbonyl (C=O) groups excluding carboxylic acids is 2. The second kappa shape index (κ2) is 12.5. The van der Waals surface area contributed by atoms with Crippen molar-refractivity contribution in [3.8, 4) is 0 Å². The van der Waals surface area contributed by atoms with E-state index in [1.165, 1.54) is 4.90 Å². The van der Waals surface area contributed by atoms with Gasteiger partial charge in [-0.1, -0.05) is 0 Å². The number of ether oxygens (including phenoxy) is 4. The van der Waals surface area contributed by atoms with Gasteiger partial charge in [0.05, 0.1) is 0 Å². The van der Waals surface area contributed by atoms with Crippen LogP contribution in [-0.4, -0.2) is 94.9 Å². The summed E-state index contributed by atoms with van der Waals surface area (Å²) in [5.41, 5.74) is -0.683. The Balaban J connectivity index is 2.21. The maximum absolute atomic E-state index is 12.8. The average molecular weight is 502 g/mol. The zero-order chi connectivity index (χ0) is 22.9. The molecule has 0 saturated carbocycles. The molecule has 1 aromatic carbocycles. The van der Waals surface area contributed by atoms with Crippen molar-refractivity contribution >= 4 is 31.3 Å². The quantitative estimate of drug-likeness (QED) is 0.278. The van der Waals surface area contributed by atoms with Crippen LogP contribution in [0.4, 0.5) is 4.79 Å². The van der Waals surface area contributed by atoms with Crippen LogP contribution in [0.15, 0.2) is 30.3 Å². The number of amides is 1. The van der Waals surface area contributed by atoms with E-state index in [1.54, 1.807) is 27.9 Å².